The molecule has 104 valence electrons. The van der Waals surface area contributed by atoms with E-state index in [0.29, 0.717) is 23.0 Å². The summed E-state index contributed by atoms with van der Waals surface area (Å²) >= 11 is 6.45. The number of benzene rings is 1. The SMILES string of the molecule is CC1COC(CBr)CN1C(=O)c1cccc(Br)c1F. The Morgan fingerprint density at radius 2 is 2.32 bits per heavy atom. The Kier molecular flexibility index (Phi) is 4.97. The highest BCUT2D eigenvalue weighted by Gasteiger charge is 2.31. The normalized spacial score (nSPS) is 23.5. The molecule has 3 nitrogen and oxygen atoms in total. The standard InChI is InChI=1S/C13H14Br2FNO2/c1-8-7-19-9(5-14)6-17(8)13(18)10-3-2-4-11(15)12(10)16/h2-4,8-9H,5-7H2,1H3. The van der Waals surface area contributed by atoms with Crippen LogP contribution >= 0.6 is 31.9 Å². The van der Waals surface area contributed by atoms with Gasteiger partial charge in [0.25, 0.3) is 5.91 Å². The molecule has 2 atom stereocenters. The molecule has 1 aliphatic rings. The van der Waals surface area contributed by atoms with Gasteiger partial charge < -0.3 is 9.64 Å². The van der Waals surface area contributed by atoms with Gasteiger partial charge in [0.05, 0.1) is 28.8 Å². The number of nitrogens with zero attached hydrogens (tertiary/aromatic N) is 1. The minimum atomic E-state index is -0.512. The van der Waals surface area contributed by atoms with Gasteiger partial charge in [-0.25, -0.2) is 4.39 Å². The number of ether oxygens (including phenoxy) is 1. The zero-order valence-corrected chi connectivity index (χ0v) is 13.6. The first-order valence-electron chi connectivity index (χ1n) is 5.97. The van der Waals surface area contributed by atoms with Crippen molar-refractivity contribution in [2.24, 2.45) is 0 Å². The summed E-state index contributed by atoms with van der Waals surface area (Å²) in [7, 11) is 0. The summed E-state index contributed by atoms with van der Waals surface area (Å²) in [4.78, 5) is 14.1. The summed E-state index contributed by atoms with van der Waals surface area (Å²) in [5.74, 6) is -0.804. The lowest BCUT2D eigenvalue weighted by molar-refractivity contribution is -0.0363. The third-order valence-electron chi connectivity index (χ3n) is 3.12. The van der Waals surface area contributed by atoms with Crippen LogP contribution in [0, 0.1) is 5.82 Å². The second-order valence-electron chi connectivity index (χ2n) is 4.52. The van der Waals surface area contributed by atoms with E-state index in [9.17, 15) is 9.18 Å². The van der Waals surface area contributed by atoms with Crippen LogP contribution < -0.4 is 0 Å². The molecule has 1 amide bonds. The lowest BCUT2D eigenvalue weighted by Crippen LogP contribution is -2.51. The fraction of sp³-hybridized carbons (Fsp3) is 0.462. The third-order valence-corrected chi connectivity index (χ3v) is 4.46. The summed E-state index contributed by atoms with van der Waals surface area (Å²) < 4.78 is 19.8. The molecule has 1 fully saturated rings. The molecule has 0 N–H and O–H groups in total. The average Bonchev–Trinajstić information content (AvgIpc) is 2.42. The van der Waals surface area contributed by atoms with E-state index in [1.807, 2.05) is 6.92 Å². The third kappa shape index (κ3) is 3.17. The number of rotatable bonds is 2. The van der Waals surface area contributed by atoms with Crippen molar-refractivity contribution in [2.75, 3.05) is 18.5 Å². The Hall–Kier alpha value is -0.460. The van der Waals surface area contributed by atoms with Gasteiger partial charge in [-0.3, -0.25) is 4.79 Å². The number of hydrogen-bond acceptors (Lipinski definition) is 2. The molecule has 0 aliphatic carbocycles. The summed E-state index contributed by atoms with van der Waals surface area (Å²) in [5, 5.41) is 0.657. The van der Waals surface area contributed by atoms with Crippen LogP contribution in [0.2, 0.25) is 0 Å². The van der Waals surface area contributed by atoms with Gasteiger partial charge in [0.2, 0.25) is 0 Å². The van der Waals surface area contributed by atoms with Crippen molar-refractivity contribution in [3.63, 3.8) is 0 Å². The number of halogens is 3. The maximum atomic E-state index is 14.0. The molecule has 0 radical (unpaired) electrons. The lowest BCUT2D eigenvalue weighted by Gasteiger charge is -2.37. The molecule has 19 heavy (non-hydrogen) atoms. The Morgan fingerprint density at radius 1 is 1.58 bits per heavy atom. The van der Waals surface area contributed by atoms with Crippen molar-refractivity contribution in [1.29, 1.82) is 0 Å². The number of carbonyl (C=O) groups excluding carboxylic acids is 1. The quantitative estimate of drug-likeness (QED) is 0.721. The summed E-state index contributed by atoms with van der Waals surface area (Å²) in [6, 6.07) is 4.69. The number of alkyl halides is 1. The molecule has 6 heteroatoms. The molecule has 1 heterocycles. The molecule has 0 spiro atoms. The predicted molar refractivity (Wildman–Crippen MR) is 78.1 cm³/mol. The highest BCUT2D eigenvalue weighted by molar-refractivity contribution is 9.10. The molecular weight excluding hydrogens is 381 g/mol. The van der Waals surface area contributed by atoms with Gasteiger partial charge in [-0.2, -0.15) is 0 Å². The second-order valence-corrected chi connectivity index (χ2v) is 6.02. The maximum absolute atomic E-state index is 14.0. The van der Waals surface area contributed by atoms with Gasteiger partial charge in [0.15, 0.2) is 0 Å². The van der Waals surface area contributed by atoms with Crippen molar-refractivity contribution in [2.45, 2.75) is 19.1 Å². The Bertz CT molecular complexity index is 484. The van der Waals surface area contributed by atoms with E-state index in [0.717, 1.165) is 0 Å². The number of morpholine rings is 1. The van der Waals surface area contributed by atoms with Crippen LogP contribution in [0.25, 0.3) is 0 Å². The largest absolute Gasteiger partial charge is 0.373 e. The smallest absolute Gasteiger partial charge is 0.257 e. The van der Waals surface area contributed by atoms with Gasteiger partial charge in [0.1, 0.15) is 5.82 Å². The van der Waals surface area contributed by atoms with E-state index in [4.69, 9.17) is 4.74 Å². The van der Waals surface area contributed by atoms with Gasteiger partial charge in [-0.05, 0) is 35.0 Å². The highest BCUT2D eigenvalue weighted by Crippen LogP contribution is 2.22. The van der Waals surface area contributed by atoms with Crippen LogP contribution in [-0.2, 0) is 4.74 Å². The average molecular weight is 395 g/mol. The van der Waals surface area contributed by atoms with Crippen molar-refractivity contribution in [3.8, 4) is 0 Å². The Morgan fingerprint density at radius 3 is 3.00 bits per heavy atom. The lowest BCUT2D eigenvalue weighted by atomic mass is 10.1. The van der Waals surface area contributed by atoms with Crippen LogP contribution in [0.4, 0.5) is 4.39 Å². The van der Waals surface area contributed by atoms with Gasteiger partial charge in [-0.15, -0.1) is 0 Å². The molecule has 0 bridgehead atoms. The number of carbonyl (C=O) groups is 1. The van der Waals surface area contributed by atoms with Crippen molar-refractivity contribution >= 4 is 37.8 Å². The van der Waals surface area contributed by atoms with E-state index >= 15 is 0 Å². The van der Waals surface area contributed by atoms with E-state index in [1.165, 1.54) is 6.07 Å². The Balaban J connectivity index is 2.24. The molecule has 1 aromatic rings. The van der Waals surface area contributed by atoms with Crippen molar-refractivity contribution in [1.82, 2.24) is 4.90 Å². The summed E-state index contributed by atoms with van der Waals surface area (Å²) in [6.07, 6.45) is -0.0460. The minimum Gasteiger partial charge on any atom is -0.373 e. The van der Waals surface area contributed by atoms with Crippen LogP contribution in [-0.4, -0.2) is 41.4 Å². The Labute approximate surface area is 128 Å². The van der Waals surface area contributed by atoms with Crippen LogP contribution in [0.3, 0.4) is 0 Å². The molecule has 1 saturated heterocycles. The molecule has 1 aliphatic heterocycles. The molecule has 1 aromatic carbocycles. The van der Waals surface area contributed by atoms with Gasteiger partial charge in [0, 0.05) is 11.9 Å². The van der Waals surface area contributed by atoms with Crippen molar-refractivity contribution in [3.05, 3.63) is 34.1 Å². The van der Waals surface area contributed by atoms with Crippen LogP contribution in [0.1, 0.15) is 17.3 Å². The first kappa shape index (κ1) is 14.9. The summed E-state index contributed by atoms with van der Waals surface area (Å²) in [5.41, 5.74) is 0.0939. The predicted octanol–water partition coefficient (Wildman–Crippen LogP) is 3.21. The second kappa shape index (κ2) is 6.33. The molecule has 2 unspecified atom stereocenters. The van der Waals surface area contributed by atoms with Crippen LogP contribution in [0.5, 0.6) is 0 Å². The number of amides is 1. The monoisotopic (exact) mass is 393 g/mol. The van der Waals surface area contributed by atoms with Crippen molar-refractivity contribution < 1.29 is 13.9 Å². The fourth-order valence-corrected chi connectivity index (χ4v) is 2.78. The summed E-state index contributed by atoms with van der Waals surface area (Å²) in [6.45, 7) is 2.84. The molecular formula is C13H14Br2FNO2. The zero-order chi connectivity index (χ0) is 14.0. The van der Waals surface area contributed by atoms with Gasteiger partial charge >= 0.3 is 0 Å². The maximum Gasteiger partial charge on any atom is 0.257 e. The minimum absolute atomic E-state index is 0.0460. The first-order valence-corrected chi connectivity index (χ1v) is 7.88. The molecule has 2 rings (SSSR count). The molecule has 0 aromatic heterocycles. The first-order chi connectivity index (χ1) is 9.04. The number of hydrogen-bond donors (Lipinski definition) is 0. The molecule has 0 saturated carbocycles. The van der Waals surface area contributed by atoms with E-state index < -0.39 is 5.82 Å². The van der Waals surface area contributed by atoms with E-state index in [-0.39, 0.29) is 23.6 Å². The fourth-order valence-electron chi connectivity index (χ4n) is 2.02. The van der Waals surface area contributed by atoms with E-state index in [2.05, 4.69) is 31.9 Å². The van der Waals surface area contributed by atoms with Gasteiger partial charge in [-0.1, -0.05) is 22.0 Å². The zero-order valence-electron chi connectivity index (χ0n) is 10.4. The highest BCUT2D eigenvalue weighted by atomic mass is 79.9. The topological polar surface area (TPSA) is 29.5 Å². The van der Waals surface area contributed by atoms with Crippen LogP contribution in [0.15, 0.2) is 22.7 Å². The van der Waals surface area contributed by atoms with E-state index in [1.54, 1.807) is 17.0 Å².